The minimum absolute atomic E-state index is 0.0986. The average molecular weight is 257 g/mol. The number of aromatic nitrogens is 3. The van der Waals surface area contributed by atoms with Crippen molar-refractivity contribution in [3.63, 3.8) is 0 Å². The van der Waals surface area contributed by atoms with E-state index in [0.717, 1.165) is 20.1 Å². The van der Waals surface area contributed by atoms with Gasteiger partial charge in [-0.25, -0.2) is 28.1 Å². The van der Waals surface area contributed by atoms with Crippen LogP contribution in [0.25, 0.3) is 0 Å². The number of aliphatic hydroxyl groups excluding tert-OH is 1. The van der Waals surface area contributed by atoms with Crippen LogP contribution < -0.4 is 17.1 Å². The van der Waals surface area contributed by atoms with Crippen molar-refractivity contribution < 1.29 is 5.11 Å². The number of unbranched alkanes of at least 4 members (excludes halogenated alkanes) is 2. The summed E-state index contributed by atoms with van der Waals surface area (Å²) < 4.78 is 3.05. The smallest absolute Gasteiger partial charge is 0.336 e. The second kappa shape index (κ2) is 6.34. The van der Waals surface area contributed by atoms with Gasteiger partial charge in [-0.3, -0.25) is 0 Å². The average Bonchev–Trinajstić information content (AvgIpc) is 2.36. The lowest BCUT2D eigenvalue weighted by Gasteiger charge is -2.09. The van der Waals surface area contributed by atoms with E-state index in [1.54, 1.807) is 6.92 Å². The molecule has 0 aliphatic carbocycles. The van der Waals surface area contributed by atoms with E-state index >= 15 is 0 Å². The fourth-order valence-corrected chi connectivity index (χ4v) is 1.77. The molecule has 18 heavy (non-hydrogen) atoms. The van der Waals surface area contributed by atoms with Crippen LogP contribution in [0.3, 0.4) is 0 Å². The number of hydrogen-bond acceptors (Lipinski definition) is 4. The predicted molar refractivity (Wildman–Crippen MR) is 66.8 cm³/mol. The van der Waals surface area contributed by atoms with Gasteiger partial charge in [0.25, 0.3) is 0 Å². The van der Waals surface area contributed by atoms with Crippen molar-refractivity contribution in [3.05, 3.63) is 31.5 Å². The Kier molecular flexibility index (Phi) is 5.08. The van der Waals surface area contributed by atoms with E-state index in [1.165, 1.54) is 7.05 Å². The third-order valence-electron chi connectivity index (χ3n) is 2.85. The Morgan fingerprint density at radius 3 is 2.11 bits per heavy atom. The second-order valence-electron chi connectivity index (χ2n) is 4.09. The third-order valence-corrected chi connectivity index (χ3v) is 2.85. The maximum absolute atomic E-state index is 11.9. The first kappa shape index (κ1) is 14.4. The molecule has 1 rings (SSSR count). The van der Waals surface area contributed by atoms with Crippen molar-refractivity contribution in [2.45, 2.75) is 39.3 Å². The van der Waals surface area contributed by atoms with E-state index in [2.05, 4.69) is 0 Å². The van der Waals surface area contributed by atoms with Gasteiger partial charge in [-0.1, -0.05) is 0 Å². The summed E-state index contributed by atoms with van der Waals surface area (Å²) in [4.78, 5) is 35.4. The molecule has 1 N–H and O–H groups in total. The number of hydrogen-bond donors (Lipinski definition) is 1. The molecule has 0 atom stereocenters. The highest BCUT2D eigenvalue weighted by molar-refractivity contribution is 4.77. The monoisotopic (exact) mass is 257 g/mol. The topological polar surface area (TPSA) is 86.2 Å². The molecule has 0 aliphatic rings. The summed E-state index contributed by atoms with van der Waals surface area (Å²) >= 11 is 0. The molecule has 0 bridgehead atoms. The van der Waals surface area contributed by atoms with Crippen molar-refractivity contribution in [1.82, 2.24) is 13.7 Å². The summed E-state index contributed by atoms with van der Waals surface area (Å²) in [5.41, 5.74) is -1.73. The highest BCUT2D eigenvalue weighted by atomic mass is 16.3. The summed E-state index contributed by atoms with van der Waals surface area (Å²) in [5.74, 6) is 0. The zero-order chi connectivity index (χ0) is 13.7. The fraction of sp³-hybridized carbons (Fsp3) is 0.727. The lowest BCUT2D eigenvalue weighted by atomic mass is 10.2. The van der Waals surface area contributed by atoms with Crippen molar-refractivity contribution in [1.29, 1.82) is 0 Å². The molecule has 102 valence electrons. The van der Waals surface area contributed by atoms with E-state index in [4.69, 9.17) is 5.11 Å². The van der Waals surface area contributed by atoms with Gasteiger partial charge in [0.15, 0.2) is 0 Å². The van der Waals surface area contributed by atoms with Crippen molar-refractivity contribution >= 4 is 0 Å². The zero-order valence-corrected chi connectivity index (χ0v) is 10.8. The highest BCUT2D eigenvalue weighted by Crippen LogP contribution is 1.94. The molecule has 0 saturated heterocycles. The molecule has 1 heterocycles. The van der Waals surface area contributed by atoms with Crippen LogP contribution in [0.4, 0.5) is 0 Å². The van der Waals surface area contributed by atoms with E-state index in [1.807, 2.05) is 0 Å². The standard InChI is InChI=1S/C11H19N3O4/c1-3-13-9(16)12(2)10(17)14(11(13)18)7-5-4-6-8-15/h15H,3-8H2,1-2H3. The van der Waals surface area contributed by atoms with Crippen LogP contribution in [0.1, 0.15) is 26.2 Å². The SMILES string of the molecule is CCn1c(=O)n(C)c(=O)n(CCCCCO)c1=O. The van der Waals surface area contributed by atoms with Gasteiger partial charge < -0.3 is 5.11 Å². The van der Waals surface area contributed by atoms with Crippen LogP contribution in [-0.2, 0) is 20.1 Å². The Morgan fingerprint density at radius 1 is 0.944 bits per heavy atom. The highest BCUT2D eigenvalue weighted by Gasteiger charge is 2.11. The van der Waals surface area contributed by atoms with Gasteiger partial charge in [0.2, 0.25) is 0 Å². The normalized spacial score (nSPS) is 10.8. The Morgan fingerprint density at radius 2 is 1.56 bits per heavy atom. The molecule has 7 nitrogen and oxygen atoms in total. The Balaban J connectivity index is 3.12. The molecular formula is C11H19N3O4. The fourth-order valence-electron chi connectivity index (χ4n) is 1.77. The maximum Gasteiger partial charge on any atom is 0.336 e. The third kappa shape index (κ3) is 2.79. The molecule has 0 spiro atoms. The van der Waals surface area contributed by atoms with E-state index < -0.39 is 17.1 Å². The van der Waals surface area contributed by atoms with Crippen molar-refractivity contribution in [3.8, 4) is 0 Å². The van der Waals surface area contributed by atoms with E-state index in [0.29, 0.717) is 12.8 Å². The molecule has 1 aromatic rings. The Hall–Kier alpha value is -1.63. The zero-order valence-electron chi connectivity index (χ0n) is 10.8. The summed E-state index contributed by atoms with van der Waals surface area (Å²) in [5, 5.41) is 8.66. The number of rotatable bonds is 6. The molecule has 0 amide bonds. The Labute approximate surface area is 104 Å². The molecule has 1 aromatic heterocycles. The van der Waals surface area contributed by atoms with Crippen molar-refractivity contribution in [2.75, 3.05) is 6.61 Å². The first-order chi connectivity index (χ1) is 8.54. The summed E-state index contributed by atoms with van der Waals surface area (Å²) in [6.07, 6.45) is 2.00. The van der Waals surface area contributed by atoms with Crippen LogP contribution >= 0.6 is 0 Å². The summed E-state index contributed by atoms with van der Waals surface area (Å²) in [6, 6.07) is 0. The molecule has 0 aliphatic heterocycles. The minimum atomic E-state index is -0.585. The Bertz CT molecular complexity index is 567. The van der Waals surface area contributed by atoms with Crippen LogP contribution in [0.5, 0.6) is 0 Å². The van der Waals surface area contributed by atoms with Gasteiger partial charge in [-0.05, 0) is 26.2 Å². The first-order valence-electron chi connectivity index (χ1n) is 6.06. The second-order valence-corrected chi connectivity index (χ2v) is 4.09. The van der Waals surface area contributed by atoms with Gasteiger partial charge in [-0.15, -0.1) is 0 Å². The maximum atomic E-state index is 11.9. The largest absolute Gasteiger partial charge is 0.396 e. The molecule has 0 unspecified atom stereocenters. The van der Waals surface area contributed by atoms with Gasteiger partial charge in [-0.2, -0.15) is 0 Å². The molecule has 0 aromatic carbocycles. The van der Waals surface area contributed by atoms with Gasteiger partial charge in [0.05, 0.1) is 0 Å². The number of nitrogens with zero attached hydrogens (tertiary/aromatic N) is 3. The van der Waals surface area contributed by atoms with Crippen LogP contribution in [0.2, 0.25) is 0 Å². The lowest BCUT2D eigenvalue weighted by molar-refractivity contribution is 0.281. The predicted octanol–water partition coefficient (Wildman–Crippen LogP) is -1.11. The van der Waals surface area contributed by atoms with E-state index in [-0.39, 0.29) is 19.7 Å². The molecule has 0 radical (unpaired) electrons. The van der Waals surface area contributed by atoms with Gasteiger partial charge in [0.1, 0.15) is 0 Å². The van der Waals surface area contributed by atoms with Crippen molar-refractivity contribution in [2.24, 2.45) is 7.05 Å². The number of aliphatic hydroxyl groups is 1. The summed E-state index contributed by atoms with van der Waals surface area (Å²) in [7, 11) is 1.36. The molecule has 0 fully saturated rings. The van der Waals surface area contributed by atoms with Crippen LogP contribution in [0.15, 0.2) is 14.4 Å². The van der Waals surface area contributed by atoms with Crippen LogP contribution in [0, 0.1) is 0 Å². The lowest BCUT2D eigenvalue weighted by Crippen LogP contribution is -2.53. The van der Waals surface area contributed by atoms with Crippen LogP contribution in [-0.4, -0.2) is 25.4 Å². The van der Waals surface area contributed by atoms with Gasteiger partial charge >= 0.3 is 17.1 Å². The van der Waals surface area contributed by atoms with Gasteiger partial charge in [0, 0.05) is 26.7 Å². The van der Waals surface area contributed by atoms with E-state index in [9.17, 15) is 14.4 Å². The minimum Gasteiger partial charge on any atom is -0.396 e. The quantitative estimate of drug-likeness (QED) is 0.655. The summed E-state index contributed by atoms with van der Waals surface area (Å²) in [6.45, 7) is 2.29. The molecule has 7 heteroatoms. The first-order valence-corrected chi connectivity index (χ1v) is 6.06. The molecule has 0 saturated carbocycles. The molecular weight excluding hydrogens is 238 g/mol.